The smallest absolute Gasteiger partial charge is 0.0225 e. The molecule has 0 radical (unpaired) electrons. The van der Waals surface area contributed by atoms with Crippen molar-refractivity contribution in [2.24, 2.45) is 0 Å². The number of hydrogen-bond acceptors (Lipinski definition) is 1. The van der Waals surface area contributed by atoms with Gasteiger partial charge in [0.1, 0.15) is 0 Å². The number of rotatable bonds is 6. The summed E-state index contributed by atoms with van der Waals surface area (Å²) in [5, 5.41) is 3.61. The van der Waals surface area contributed by atoms with Crippen LogP contribution in [0.25, 0.3) is 0 Å². The van der Waals surface area contributed by atoms with Gasteiger partial charge in [-0.15, -0.1) is 0 Å². The highest BCUT2D eigenvalue weighted by Crippen LogP contribution is 2.14. The van der Waals surface area contributed by atoms with Gasteiger partial charge in [0.2, 0.25) is 0 Å². The van der Waals surface area contributed by atoms with Crippen molar-refractivity contribution < 1.29 is 0 Å². The monoisotopic (exact) mass is 242 g/mol. The molecule has 1 heterocycles. The van der Waals surface area contributed by atoms with E-state index in [-0.39, 0.29) is 5.54 Å². The number of aromatic nitrogens is 1. The second-order valence-corrected chi connectivity index (χ2v) is 5.44. The van der Waals surface area contributed by atoms with E-state index in [2.05, 4.69) is 60.5 Å². The summed E-state index contributed by atoms with van der Waals surface area (Å²) in [6.07, 6.45) is 6.27. The van der Waals surface area contributed by atoms with Gasteiger partial charge in [0.25, 0.3) is 0 Å². The van der Waals surface area contributed by atoms with E-state index in [0.29, 0.717) is 0 Å². The zero-order chi connectivity index (χ0) is 12.8. The van der Waals surface area contributed by atoms with Crippen molar-refractivity contribution in [3.63, 3.8) is 0 Å². The Morgan fingerprint density at radius 1 is 1.06 bits per heavy atom. The van der Waals surface area contributed by atoms with Crippen LogP contribution in [0.15, 0.2) is 48.8 Å². The number of H-pyrrole nitrogens is 1. The van der Waals surface area contributed by atoms with Crippen LogP contribution in [-0.4, -0.2) is 10.5 Å². The quantitative estimate of drug-likeness (QED) is 0.797. The molecule has 2 aromatic rings. The minimum absolute atomic E-state index is 0.160. The molecule has 0 unspecified atom stereocenters. The van der Waals surface area contributed by atoms with Crippen LogP contribution in [0.5, 0.6) is 0 Å². The van der Waals surface area contributed by atoms with E-state index in [1.807, 2.05) is 12.4 Å². The van der Waals surface area contributed by atoms with Gasteiger partial charge in [0.15, 0.2) is 0 Å². The largest absolute Gasteiger partial charge is 0.367 e. The number of benzene rings is 1. The first kappa shape index (κ1) is 12.9. The lowest BCUT2D eigenvalue weighted by Crippen LogP contribution is -2.39. The van der Waals surface area contributed by atoms with Gasteiger partial charge < -0.3 is 10.3 Å². The lowest BCUT2D eigenvalue weighted by atomic mass is 9.95. The third kappa shape index (κ3) is 4.04. The van der Waals surface area contributed by atoms with Gasteiger partial charge in [-0.25, -0.2) is 0 Å². The second-order valence-electron chi connectivity index (χ2n) is 5.44. The van der Waals surface area contributed by atoms with Crippen LogP contribution in [0.2, 0.25) is 0 Å². The molecule has 1 aromatic heterocycles. The minimum atomic E-state index is 0.160. The molecular weight excluding hydrogens is 220 g/mol. The van der Waals surface area contributed by atoms with Gasteiger partial charge in [0.05, 0.1) is 0 Å². The fraction of sp³-hybridized carbons (Fsp3) is 0.375. The number of aromatic amines is 1. The van der Waals surface area contributed by atoms with Crippen molar-refractivity contribution >= 4 is 0 Å². The lowest BCUT2D eigenvalue weighted by molar-refractivity contribution is 0.360. The minimum Gasteiger partial charge on any atom is -0.367 e. The maximum absolute atomic E-state index is 3.61. The maximum Gasteiger partial charge on any atom is 0.0225 e. The Morgan fingerprint density at radius 2 is 1.83 bits per heavy atom. The number of nitrogens with one attached hydrogen (secondary N) is 2. The highest BCUT2D eigenvalue weighted by atomic mass is 14.9. The fourth-order valence-electron chi connectivity index (χ4n) is 2.00. The van der Waals surface area contributed by atoms with Crippen molar-refractivity contribution in [1.82, 2.24) is 10.3 Å². The van der Waals surface area contributed by atoms with Gasteiger partial charge in [-0.3, -0.25) is 0 Å². The average Bonchev–Trinajstić information content (AvgIpc) is 2.89. The molecule has 96 valence electrons. The average molecular weight is 242 g/mol. The number of hydrogen-bond donors (Lipinski definition) is 2. The SMILES string of the molecule is CC(C)(CCc1ccccc1)NCc1cc[nH]c1. The van der Waals surface area contributed by atoms with E-state index in [1.165, 1.54) is 11.1 Å². The first-order valence-corrected chi connectivity index (χ1v) is 6.56. The summed E-state index contributed by atoms with van der Waals surface area (Å²) >= 11 is 0. The molecule has 0 saturated heterocycles. The summed E-state index contributed by atoms with van der Waals surface area (Å²) in [6.45, 7) is 5.45. The highest BCUT2D eigenvalue weighted by Gasteiger charge is 2.16. The summed E-state index contributed by atoms with van der Waals surface area (Å²) in [5.74, 6) is 0. The third-order valence-corrected chi connectivity index (χ3v) is 3.31. The molecule has 0 saturated carbocycles. The first-order chi connectivity index (χ1) is 8.66. The molecule has 0 aliphatic carbocycles. The molecule has 2 rings (SSSR count). The molecule has 0 aliphatic heterocycles. The van der Waals surface area contributed by atoms with Gasteiger partial charge in [-0.05, 0) is 43.9 Å². The van der Waals surface area contributed by atoms with Gasteiger partial charge in [-0.2, -0.15) is 0 Å². The molecule has 0 aliphatic rings. The van der Waals surface area contributed by atoms with E-state index in [4.69, 9.17) is 0 Å². The molecule has 0 bridgehead atoms. The fourth-order valence-corrected chi connectivity index (χ4v) is 2.00. The molecule has 0 fully saturated rings. The Labute approximate surface area is 109 Å². The molecule has 18 heavy (non-hydrogen) atoms. The molecule has 2 heteroatoms. The molecule has 1 aromatic carbocycles. The summed E-state index contributed by atoms with van der Waals surface area (Å²) in [5.41, 5.74) is 2.88. The van der Waals surface area contributed by atoms with Crippen LogP contribution in [-0.2, 0) is 13.0 Å². The zero-order valence-corrected chi connectivity index (χ0v) is 11.2. The summed E-state index contributed by atoms with van der Waals surface area (Å²) in [7, 11) is 0. The summed E-state index contributed by atoms with van der Waals surface area (Å²) < 4.78 is 0. The van der Waals surface area contributed by atoms with Gasteiger partial charge in [-0.1, -0.05) is 30.3 Å². The van der Waals surface area contributed by atoms with Crippen LogP contribution in [0.4, 0.5) is 0 Å². The molecule has 0 atom stereocenters. The number of aryl methyl sites for hydroxylation is 1. The van der Waals surface area contributed by atoms with Crippen molar-refractivity contribution in [2.45, 2.75) is 38.8 Å². The van der Waals surface area contributed by atoms with Crippen molar-refractivity contribution in [3.8, 4) is 0 Å². The Kier molecular flexibility index (Phi) is 4.21. The Hall–Kier alpha value is -1.54. The van der Waals surface area contributed by atoms with E-state index < -0.39 is 0 Å². The summed E-state index contributed by atoms with van der Waals surface area (Å²) in [6, 6.07) is 12.8. The summed E-state index contributed by atoms with van der Waals surface area (Å²) in [4.78, 5) is 3.08. The van der Waals surface area contributed by atoms with Crippen LogP contribution >= 0.6 is 0 Å². The Balaban J connectivity index is 1.80. The Morgan fingerprint density at radius 3 is 2.50 bits per heavy atom. The molecule has 0 amide bonds. The predicted molar refractivity (Wildman–Crippen MR) is 76.5 cm³/mol. The first-order valence-electron chi connectivity index (χ1n) is 6.56. The third-order valence-electron chi connectivity index (χ3n) is 3.31. The lowest BCUT2D eigenvalue weighted by Gasteiger charge is -2.26. The normalized spacial score (nSPS) is 11.7. The highest BCUT2D eigenvalue weighted by molar-refractivity contribution is 5.15. The standard InChI is InChI=1S/C16H22N2/c1-16(2,18-13-15-9-11-17-12-15)10-8-14-6-4-3-5-7-14/h3-7,9,11-12,17-18H,8,10,13H2,1-2H3. The van der Waals surface area contributed by atoms with E-state index >= 15 is 0 Å². The second kappa shape index (κ2) is 5.87. The van der Waals surface area contributed by atoms with Crippen LogP contribution < -0.4 is 5.32 Å². The van der Waals surface area contributed by atoms with Crippen molar-refractivity contribution in [3.05, 3.63) is 59.9 Å². The maximum atomic E-state index is 3.61. The molecule has 2 nitrogen and oxygen atoms in total. The molecule has 2 N–H and O–H groups in total. The van der Waals surface area contributed by atoms with Crippen molar-refractivity contribution in [1.29, 1.82) is 0 Å². The van der Waals surface area contributed by atoms with Crippen LogP contribution in [0.1, 0.15) is 31.4 Å². The molecule has 0 spiro atoms. The Bertz CT molecular complexity index is 443. The van der Waals surface area contributed by atoms with Gasteiger partial charge >= 0.3 is 0 Å². The van der Waals surface area contributed by atoms with E-state index in [0.717, 1.165) is 19.4 Å². The predicted octanol–water partition coefficient (Wildman–Crippen LogP) is 3.52. The van der Waals surface area contributed by atoms with Gasteiger partial charge in [0, 0.05) is 24.5 Å². The van der Waals surface area contributed by atoms with Crippen LogP contribution in [0, 0.1) is 0 Å². The van der Waals surface area contributed by atoms with Crippen LogP contribution in [0.3, 0.4) is 0 Å². The zero-order valence-electron chi connectivity index (χ0n) is 11.2. The van der Waals surface area contributed by atoms with Crippen molar-refractivity contribution in [2.75, 3.05) is 0 Å². The van der Waals surface area contributed by atoms with E-state index in [9.17, 15) is 0 Å². The topological polar surface area (TPSA) is 27.8 Å². The molecular formula is C16H22N2. The van der Waals surface area contributed by atoms with E-state index in [1.54, 1.807) is 0 Å².